The fraction of sp³-hybridized carbons (Fsp3) is 0.0400. The number of hydrogen-bond donors (Lipinski definition) is 0. The fourth-order valence-electron chi connectivity index (χ4n) is 3.57. The summed E-state index contributed by atoms with van der Waals surface area (Å²) in [5, 5.41) is 7.03. The highest BCUT2D eigenvalue weighted by atomic mass is 15.3. The zero-order chi connectivity index (χ0) is 18.9. The van der Waals surface area contributed by atoms with Crippen LogP contribution in [-0.4, -0.2) is 14.8 Å². The van der Waals surface area contributed by atoms with Crippen LogP contribution in [0.5, 0.6) is 0 Å². The first-order chi connectivity index (χ1) is 13.8. The highest BCUT2D eigenvalue weighted by Crippen LogP contribution is 2.30. The summed E-state index contributed by atoms with van der Waals surface area (Å²) in [4.78, 5) is 5.04. The van der Waals surface area contributed by atoms with E-state index < -0.39 is 0 Å². The SMILES string of the molecule is Cc1cc(-c2ccccc2)n(-c2nc(-c3ccccc3)cc3ccccc23)n1. The van der Waals surface area contributed by atoms with Gasteiger partial charge in [-0.3, -0.25) is 0 Å². The molecular formula is C25H19N3. The van der Waals surface area contributed by atoms with Crippen LogP contribution in [0.2, 0.25) is 0 Å². The summed E-state index contributed by atoms with van der Waals surface area (Å²) in [7, 11) is 0. The molecule has 2 heterocycles. The lowest BCUT2D eigenvalue weighted by Gasteiger charge is -2.12. The zero-order valence-electron chi connectivity index (χ0n) is 15.6. The molecule has 0 unspecified atom stereocenters. The van der Waals surface area contributed by atoms with Crippen molar-refractivity contribution in [3.63, 3.8) is 0 Å². The first kappa shape index (κ1) is 16.5. The second kappa shape index (κ2) is 6.78. The van der Waals surface area contributed by atoms with Gasteiger partial charge in [0.25, 0.3) is 0 Å². The van der Waals surface area contributed by atoms with Gasteiger partial charge < -0.3 is 0 Å². The largest absolute Gasteiger partial charge is 0.228 e. The van der Waals surface area contributed by atoms with E-state index in [1.165, 1.54) is 0 Å². The summed E-state index contributed by atoms with van der Waals surface area (Å²) in [5.41, 5.74) is 5.18. The van der Waals surface area contributed by atoms with Crippen LogP contribution in [0.4, 0.5) is 0 Å². The van der Waals surface area contributed by atoms with Gasteiger partial charge in [-0.15, -0.1) is 0 Å². The molecule has 0 saturated heterocycles. The lowest BCUT2D eigenvalue weighted by molar-refractivity contribution is 0.848. The van der Waals surface area contributed by atoms with Crippen LogP contribution in [0.1, 0.15) is 5.69 Å². The van der Waals surface area contributed by atoms with Gasteiger partial charge in [0.05, 0.1) is 17.1 Å². The van der Waals surface area contributed by atoms with E-state index in [1.54, 1.807) is 0 Å². The van der Waals surface area contributed by atoms with E-state index in [0.717, 1.165) is 44.8 Å². The van der Waals surface area contributed by atoms with E-state index in [-0.39, 0.29) is 0 Å². The molecule has 0 fully saturated rings. The van der Waals surface area contributed by atoms with Crippen molar-refractivity contribution in [1.82, 2.24) is 14.8 Å². The number of rotatable bonds is 3. The molecule has 5 aromatic rings. The normalized spacial score (nSPS) is 11.0. The number of aromatic nitrogens is 3. The molecule has 0 amide bonds. The van der Waals surface area contributed by atoms with Crippen LogP contribution in [0.25, 0.3) is 39.1 Å². The topological polar surface area (TPSA) is 30.7 Å². The van der Waals surface area contributed by atoms with Crippen LogP contribution in [0.15, 0.2) is 97.1 Å². The molecule has 0 radical (unpaired) electrons. The molecule has 3 aromatic carbocycles. The van der Waals surface area contributed by atoms with Crippen molar-refractivity contribution < 1.29 is 0 Å². The molecule has 134 valence electrons. The lowest BCUT2D eigenvalue weighted by atomic mass is 10.1. The Morgan fingerprint density at radius 3 is 2.07 bits per heavy atom. The van der Waals surface area contributed by atoms with Gasteiger partial charge in [0.2, 0.25) is 0 Å². The molecule has 0 spiro atoms. The van der Waals surface area contributed by atoms with E-state index in [1.807, 2.05) is 54.1 Å². The van der Waals surface area contributed by atoms with E-state index in [0.29, 0.717) is 0 Å². The maximum atomic E-state index is 5.04. The van der Waals surface area contributed by atoms with Crippen molar-refractivity contribution in [1.29, 1.82) is 0 Å². The summed E-state index contributed by atoms with van der Waals surface area (Å²) < 4.78 is 1.97. The van der Waals surface area contributed by atoms with Gasteiger partial charge in [-0.2, -0.15) is 5.10 Å². The van der Waals surface area contributed by atoms with Gasteiger partial charge >= 0.3 is 0 Å². The molecule has 0 aliphatic heterocycles. The van der Waals surface area contributed by atoms with E-state index in [4.69, 9.17) is 10.1 Å². The molecule has 0 aliphatic carbocycles. The third-order valence-corrected chi connectivity index (χ3v) is 4.89. The van der Waals surface area contributed by atoms with Crippen LogP contribution < -0.4 is 0 Å². The van der Waals surface area contributed by atoms with Gasteiger partial charge in [0, 0.05) is 16.5 Å². The average molecular weight is 361 g/mol. The molecule has 5 rings (SSSR count). The predicted molar refractivity (Wildman–Crippen MR) is 114 cm³/mol. The lowest BCUT2D eigenvalue weighted by Crippen LogP contribution is -2.04. The third-order valence-electron chi connectivity index (χ3n) is 4.89. The molecule has 2 aromatic heterocycles. The number of nitrogens with zero attached hydrogens (tertiary/aromatic N) is 3. The third kappa shape index (κ3) is 2.87. The Morgan fingerprint density at radius 1 is 0.679 bits per heavy atom. The molecule has 0 N–H and O–H groups in total. The minimum absolute atomic E-state index is 0.851. The van der Waals surface area contributed by atoms with Crippen molar-refractivity contribution in [3.05, 3.63) is 103 Å². The summed E-state index contributed by atoms with van der Waals surface area (Å²) in [6, 6.07) is 33.2. The van der Waals surface area contributed by atoms with E-state index in [2.05, 4.69) is 54.6 Å². The Kier molecular flexibility index (Phi) is 3.99. The predicted octanol–water partition coefficient (Wildman–Crippen LogP) is 6.06. The molecule has 0 saturated carbocycles. The second-order valence-corrected chi connectivity index (χ2v) is 6.87. The molecule has 3 nitrogen and oxygen atoms in total. The standard InChI is InChI=1S/C25H19N3/c1-18-16-24(20-12-6-3-7-13-20)28(27-18)25-22-15-9-8-14-21(22)17-23(26-25)19-10-4-2-5-11-19/h2-17H,1H3. The van der Waals surface area contributed by atoms with Crippen molar-refractivity contribution in [2.24, 2.45) is 0 Å². The van der Waals surface area contributed by atoms with Gasteiger partial charge in [-0.05, 0) is 24.4 Å². The number of pyridine rings is 1. The summed E-state index contributed by atoms with van der Waals surface area (Å²) >= 11 is 0. The molecule has 0 bridgehead atoms. The van der Waals surface area contributed by atoms with Gasteiger partial charge in [-0.1, -0.05) is 84.9 Å². The van der Waals surface area contributed by atoms with Crippen molar-refractivity contribution in [2.45, 2.75) is 6.92 Å². The van der Waals surface area contributed by atoms with E-state index in [9.17, 15) is 0 Å². The van der Waals surface area contributed by atoms with Crippen LogP contribution in [0.3, 0.4) is 0 Å². The molecular weight excluding hydrogens is 342 g/mol. The highest BCUT2D eigenvalue weighted by Gasteiger charge is 2.15. The second-order valence-electron chi connectivity index (χ2n) is 6.87. The Labute approximate surface area is 163 Å². The number of benzene rings is 3. The molecule has 0 atom stereocenters. The maximum Gasteiger partial charge on any atom is 0.162 e. The Hall–Kier alpha value is -3.72. The van der Waals surface area contributed by atoms with Crippen molar-refractivity contribution >= 4 is 10.8 Å². The monoisotopic (exact) mass is 361 g/mol. The summed E-state index contributed by atoms with van der Waals surface area (Å²) in [6.45, 7) is 2.02. The molecule has 0 aliphatic rings. The fourth-order valence-corrected chi connectivity index (χ4v) is 3.57. The molecule has 28 heavy (non-hydrogen) atoms. The quantitative estimate of drug-likeness (QED) is 0.391. The van der Waals surface area contributed by atoms with Crippen LogP contribution in [0, 0.1) is 6.92 Å². The summed E-state index contributed by atoms with van der Waals surface area (Å²) in [6.07, 6.45) is 0. The van der Waals surface area contributed by atoms with Gasteiger partial charge in [0.1, 0.15) is 0 Å². The van der Waals surface area contributed by atoms with Crippen molar-refractivity contribution in [3.8, 4) is 28.3 Å². The van der Waals surface area contributed by atoms with Crippen LogP contribution in [-0.2, 0) is 0 Å². The summed E-state index contributed by atoms with van der Waals surface area (Å²) in [5.74, 6) is 0.851. The van der Waals surface area contributed by atoms with E-state index >= 15 is 0 Å². The number of fused-ring (bicyclic) bond motifs is 1. The molecule has 3 heteroatoms. The highest BCUT2D eigenvalue weighted by molar-refractivity contribution is 5.92. The number of hydrogen-bond acceptors (Lipinski definition) is 2. The maximum absolute atomic E-state index is 5.04. The van der Waals surface area contributed by atoms with Crippen LogP contribution >= 0.6 is 0 Å². The average Bonchev–Trinajstić information content (AvgIpc) is 3.16. The van der Waals surface area contributed by atoms with Crippen molar-refractivity contribution in [2.75, 3.05) is 0 Å². The number of aryl methyl sites for hydroxylation is 1. The van der Waals surface area contributed by atoms with Gasteiger partial charge in [-0.25, -0.2) is 9.67 Å². The Morgan fingerprint density at radius 2 is 1.32 bits per heavy atom. The minimum Gasteiger partial charge on any atom is -0.228 e. The Bertz CT molecular complexity index is 1260. The zero-order valence-corrected chi connectivity index (χ0v) is 15.6. The minimum atomic E-state index is 0.851. The van der Waals surface area contributed by atoms with Gasteiger partial charge in [0.15, 0.2) is 5.82 Å². The first-order valence-corrected chi connectivity index (χ1v) is 9.37. The smallest absolute Gasteiger partial charge is 0.162 e. The Balaban J connectivity index is 1.81. The first-order valence-electron chi connectivity index (χ1n) is 9.37.